The highest BCUT2D eigenvalue weighted by Gasteiger charge is 2.20. The molecule has 1 unspecified atom stereocenters. The molecular weight excluding hydrogens is 522 g/mol. The van der Waals surface area contributed by atoms with Gasteiger partial charge in [-0.05, 0) is 35.7 Å². The molecule has 1 amide bonds. The van der Waals surface area contributed by atoms with Crippen molar-refractivity contribution in [3.63, 3.8) is 0 Å². The van der Waals surface area contributed by atoms with Crippen molar-refractivity contribution in [3.05, 3.63) is 131 Å². The van der Waals surface area contributed by atoms with Crippen LogP contribution >= 0.6 is 11.6 Å². The fraction of sp³-hybridized carbons (Fsp3) is 0.161. The molecule has 5 aromatic rings. The van der Waals surface area contributed by atoms with Crippen LogP contribution < -0.4 is 16.0 Å². The van der Waals surface area contributed by atoms with Crippen molar-refractivity contribution in [1.29, 1.82) is 0 Å². The van der Waals surface area contributed by atoms with Gasteiger partial charge >= 0.3 is 0 Å². The fourth-order valence-electron chi connectivity index (χ4n) is 4.20. The van der Waals surface area contributed by atoms with Crippen molar-refractivity contribution in [2.75, 3.05) is 10.6 Å². The first-order valence-electron chi connectivity index (χ1n) is 13.0. The summed E-state index contributed by atoms with van der Waals surface area (Å²) in [6.07, 6.45) is 5.65. The van der Waals surface area contributed by atoms with Crippen LogP contribution in [0.15, 0.2) is 104 Å². The van der Waals surface area contributed by atoms with Crippen molar-refractivity contribution < 1.29 is 4.79 Å². The maximum atomic E-state index is 13.5. The van der Waals surface area contributed by atoms with Gasteiger partial charge in [0, 0.05) is 43.0 Å². The Bertz CT molecular complexity index is 1540. The molecule has 0 bridgehead atoms. The van der Waals surface area contributed by atoms with Crippen molar-refractivity contribution in [2.45, 2.75) is 32.5 Å². The molecular formula is C31H30ClN7O. The Labute approximate surface area is 238 Å². The minimum absolute atomic E-state index is 0.124. The average Bonchev–Trinajstić information content (AvgIpc) is 3.51. The number of hydrogen-bond acceptors (Lipinski definition) is 6. The number of nitrogens with zero attached hydrogens (tertiary/aromatic N) is 4. The van der Waals surface area contributed by atoms with Crippen LogP contribution in [0.25, 0.3) is 5.82 Å². The average molecular weight is 552 g/mol. The number of nitrogens with one attached hydrogen (secondary N) is 3. The number of aryl methyl sites for hydroxylation is 1. The third kappa shape index (κ3) is 7.45. The Morgan fingerprint density at radius 3 is 2.45 bits per heavy atom. The SMILES string of the molecule is Cc1ccc(CNC(=O)C(Cc2ccccc2)Nc2cc(-n3ccnc3)nc(NCc3cccc(Cl)c3)n2)cc1. The highest BCUT2D eigenvalue weighted by molar-refractivity contribution is 6.30. The molecule has 3 N–H and O–H groups in total. The maximum Gasteiger partial charge on any atom is 0.243 e. The summed E-state index contributed by atoms with van der Waals surface area (Å²) >= 11 is 6.15. The smallest absolute Gasteiger partial charge is 0.243 e. The van der Waals surface area contributed by atoms with E-state index in [2.05, 4.69) is 25.9 Å². The van der Waals surface area contributed by atoms with E-state index in [0.29, 0.717) is 42.1 Å². The topological polar surface area (TPSA) is 96.8 Å². The van der Waals surface area contributed by atoms with Gasteiger partial charge in [-0.1, -0.05) is 83.9 Å². The number of carbonyl (C=O) groups excluding carboxylic acids is 1. The van der Waals surface area contributed by atoms with E-state index in [4.69, 9.17) is 16.6 Å². The number of halogens is 1. The van der Waals surface area contributed by atoms with Gasteiger partial charge in [0.25, 0.3) is 0 Å². The first-order valence-corrected chi connectivity index (χ1v) is 13.4. The van der Waals surface area contributed by atoms with Crippen molar-refractivity contribution in [3.8, 4) is 5.82 Å². The number of aromatic nitrogens is 4. The molecule has 0 saturated carbocycles. The zero-order chi connectivity index (χ0) is 27.7. The lowest BCUT2D eigenvalue weighted by Gasteiger charge is -2.20. The Morgan fingerprint density at radius 1 is 0.900 bits per heavy atom. The monoisotopic (exact) mass is 551 g/mol. The van der Waals surface area contributed by atoms with Crippen molar-refractivity contribution >= 4 is 29.3 Å². The highest BCUT2D eigenvalue weighted by Crippen LogP contribution is 2.18. The van der Waals surface area contributed by atoms with Crippen LogP contribution in [0.3, 0.4) is 0 Å². The molecule has 0 aliphatic heterocycles. The lowest BCUT2D eigenvalue weighted by Crippen LogP contribution is -2.41. The summed E-state index contributed by atoms with van der Waals surface area (Å²) in [7, 11) is 0. The molecule has 0 spiro atoms. The lowest BCUT2D eigenvalue weighted by atomic mass is 10.0. The van der Waals surface area contributed by atoms with Crippen LogP contribution in [-0.4, -0.2) is 31.5 Å². The van der Waals surface area contributed by atoms with Gasteiger partial charge in [0.05, 0.1) is 0 Å². The molecule has 2 heterocycles. The standard InChI is InChI=1S/C31H30ClN7O/c1-22-10-12-24(13-11-22)19-34-30(40)27(17-23-6-3-2-4-7-23)36-28-18-29(39-15-14-33-21-39)38-31(37-28)35-20-25-8-5-9-26(32)16-25/h2-16,18,21,27H,17,19-20H2,1H3,(H,34,40)(H2,35,36,37,38). The molecule has 0 fully saturated rings. The van der Waals surface area contributed by atoms with Gasteiger partial charge in [0.15, 0.2) is 0 Å². The summed E-state index contributed by atoms with van der Waals surface area (Å²) in [4.78, 5) is 27.0. The number of hydrogen-bond donors (Lipinski definition) is 3. The van der Waals surface area contributed by atoms with E-state index < -0.39 is 6.04 Å². The van der Waals surface area contributed by atoms with Gasteiger partial charge in [0.1, 0.15) is 24.0 Å². The van der Waals surface area contributed by atoms with E-state index in [1.807, 2.05) is 92.0 Å². The Morgan fingerprint density at radius 2 is 1.70 bits per heavy atom. The molecule has 0 saturated heterocycles. The molecule has 40 heavy (non-hydrogen) atoms. The lowest BCUT2D eigenvalue weighted by molar-refractivity contribution is -0.122. The first-order chi connectivity index (χ1) is 19.5. The van der Waals surface area contributed by atoms with Gasteiger partial charge < -0.3 is 16.0 Å². The van der Waals surface area contributed by atoms with E-state index in [-0.39, 0.29) is 5.91 Å². The van der Waals surface area contributed by atoms with Gasteiger partial charge in [-0.25, -0.2) is 4.98 Å². The number of amides is 1. The van der Waals surface area contributed by atoms with Gasteiger partial charge in [0.2, 0.25) is 11.9 Å². The van der Waals surface area contributed by atoms with E-state index in [1.165, 1.54) is 5.56 Å². The summed E-state index contributed by atoms with van der Waals surface area (Å²) in [5.41, 5.74) is 4.25. The minimum atomic E-state index is -0.570. The summed E-state index contributed by atoms with van der Waals surface area (Å²) < 4.78 is 1.79. The molecule has 0 aliphatic carbocycles. The van der Waals surface area contributed by atoms with E-state index in [1.54, 1.807) is 23.2 Å². The van der Waals surface area contributed by atoms with Crippen molar-refractivity contribution in [2.24, 2.45) is 0 Å². The van der Waals surface area contributed by atoms with Gasteiger partial charge in [-0.2, -0.15) is 9.97 Å². The van der Waals surface area contributed by atoms with Gasteiger partial charge in [-0.3, -0.25) is 9.36 Å². The predicted molar refractivity (Wildman–Crippen MR) is 159 cm³/mol. The predicted octanol–water partition coefficient (Wildman–Crippen LogP) is 5.58. The molecule has 3 aromatic carbocycles. The second-order valence-electron chi connectivity index (χ2n) is 9.48. The maximum absolute atomic E-state index is 13.5. The number of rotatable bonds is 11. The van der Waals surface area contributed by atoms with E-state index in [0.717, 1.165) is 16.7 Å². The molecule has 0 aliphatic rings. The third-order valence-corrected chi connectivity index (χ3v) is 6.56. The van der Waals surface area contributed by atoms with Crippen LogP contribution in [-0.2, 0) is 24.3 Å². The third-order valence-electron chi connectivity index (χ3n) is 6.33. The summed E-state index contributed by atoms with van der Waals surface area (Å²) in [5.74, 6) is 1.41. The van der Waals surface area contributed by atoms with Crippen LogP contribution in [0.2, 0.25) is 5.02 Å². The first kappa shape index (κ1) is 26.9. The van der Waals surface area contributed by atoms with Crippen molar-refractivity contribution in [1.82, 2.24) is 24.8 Å². The summed E-state index contributed by atoms with van der Waals surface area (Å²) in [5, 5.41) is 10.4. The number of benzene rings is 3. The van der Waals surface area contributed by atoms with Crippen LogP contribution in [0.1, 0.15) is 22.3 Å². The van der Waals surface area contributed by atoms with Crippen LogP contribution in [0.5, 0.6) is 0 Å². The second-order valence-corrected chi connectivity index (χ2v) is 9.91. The normalized spacial score (nSPS) is 11.6. The summed E-state index contributed by atoms with van der Waals surface area (Å²) in [6, 6.07) is 26.9. The Hall–Kier alpha value is -4.69. The minimum Gasteiger partial charge on any atom is -0.358 e. The molecule has 202 valence electrons. The van der Waals surface area contributed by atoms with E-state index in [9.17, 15) is 4.79 Å². The molecule has 8 nitrogen and oxygen atoms in total. The van der Waals surface area contributed by atoms with Crippen LogP contribution in [0, 0.1) is 6.92 Å². The van der Waals surface area contributed by atoms with Gasteiger partial charge in [-0.15, -0.1) is 0 Å². The Kier molecular flexibility index (Phi) is 8.68. The molecule has 9 heteroatoms. The largest absolute Gasteiger partial charge is 0.358 e. The summed E-state index contributed by atoms with van der Waals surface area (Å²) in [6.45, 7) is 2.96. The highest BCUT2D eigenvalue weighted by atomic mass is 35.5. The second kappa shape index (κ2) is 12.9. The molecule has 0 radical (unpaired) electrons. The number of anilines is 2. The molecule has 1 atom stereocenters. The van der Waals surface area contributed by atoms with Crippen LogP contribution in [0.4, 0.5) is 11.8 Å². The fourth-order valence-corrected chi connectivity index (χ4v) is 4.41. The number of carbonyl (C=O) groups is 1. The number of imidazole rings is 1. The Balaban J connectivity index is 1.39. The zero-order valence-electron chi connectivity index (χ0n) is 22.1. The molecule has 5 rings (SSSR count). The molecule has 2 aromatic heterocycles. The quantitative estimate of drug-likeness (QED) is 0.198. The van der Waals surface area contributed by atoms with E-state index >= 15 is 0 Å². The zero-order valence-corrected chi connectivity index (χ0v) is 22.8.